The summed E-state index contributed by atoms with van der Waals surface area (Å²) < 4.78 is 0.914. The Morgan fingerprint density at radius 1 is 1.42 bits per heavy atom. The quantitative estimate of drug-likeness (QED) is 0.907. The zero-order valence-corrected chi connectivity index (χ0v) is 12.8. The molecule has 1 N–H and O–H groups in total. The largest absolute Gasteiger partial charge is 0.394 e. The molecule has 1 amide bonds. The molecule has 1 unspecified atom stereocenters. The fraction of sp³-hybridized carbons (Fsp3) is 0.533. The molecule has 1 atom stereocenters. The minimum Gasteiger partial charge on any atom is -0.394 e. The molecule has 0 saturated carbocycles. The van der Waals surface area contributed by atoms with Crippen LogP contribution in [0.1, 0.15) is 41.6 Å². The van der Waals surface area contributed by atoms with E-state index in [4.69, 9.17) is 0 Å². The van der Waals surface area contributed by atoms with Gasteiger partial charge < -0.3 is 10.0 Å². The van der Waals surface area contributed by atoms with Gasteiger partial charge in [0.1, 0.15) is 0 Å². The summed E-state index contributed by atoms with van der Waals surface area (Å²) in [4.78, 5) is 14.5. The smallest absolute Gasteiger partial charge is 0.254 e. The van der Waals surface area contributed by atoms with Gasteiger partial charge in [-0.05, 0) is 37.5 Å². The second-order valence-electron chi connectivity index (χ2n) is 5.14. The Balaban J connectivity index is 2.27. The topological polar surface area (TPSA) is 40.5 Å². The summed E-state index contributed by atoms with van der Waals surface area (Å²) in [6, 6.07) is 5.73. The third-order valence-electron chi connectivity index (χ3n) is 3.78. The van der Waals surface area contributed by atoms with E-state index in [2.05, 4.69) is 15.9 Å². The average molecular weight is 326 g/mol. The molecule has 1 aromatic carbocycles. The van der Waals surface area contributed by atoms with Gasteiger partial charge in [-0.2, -0.15) is 0 Å². The maximum absolute atomic E-state index is 12.7. The summed E-state index contributed by atoms with van der Waals surface area (Å²) in [6.07, 6.45) is 4.15. The van der Waals surface area contributed by atoms with E-state index in [0.717, 1.165) is 47.8 Å². The van der Waals surface area contributed by atoms with Gasteiger partial charge in [0.15, 0.2) is 0 Å². The summed E-state index contributed by atoms with van der Waals surface area (Å²) in [7, 11) is 0. The van der Waals surface area contributed by atoms with Gasteiger partial charge in [0.25, 0.3) is 5.91 Å². The number of hydrogen-bond donors (Lipinski definition) is 1. The fourth-order valence-electron chi connectivity index (χ4n) is 2.61. The number of nitrogens with zero attached hydrogens (tertiary/aromatic N) is 1. The predicted octanol–water partition coefficient (Wildman–Crippen LogP) is 3.13. The van der Waals surface area contributed by atoms with Gasteiger partial charge >= 0.3 is 0 Å². The monoisotopic (exact) mass is 325 g/mol. The van der Waals surface area contributed by atoms with Crippen LogP contribution in [-0.4, -0.2) is 35.1 Å². The SMILES string of the molecule is Cc1ccc(Br)cc1C(=O)N1CCCCCC1CO. The van der Waals surface area contributed by atoms with E-state index in [9.17, 15) is 9.90 Å². The first-order valence-corrected chi connectivity index (χ1v) is 7.60. The lowest BCUT2D eigenvalue weighted by molar-refractivity contribution is 0.0599. The Morgan fingerprint density at radius 2 is 2.21 bits per heavy atom. The Morgan fingerprint density at radius 3 is 2.95 bits per heavy atom. The second kappa shape index (κ2) is 6.53. The Bertz CT molecular complexity index is 461. The van der Waals surface area contributed by atoms with Crippen LogP contribution in [0.3, 0.4) is 0 Å². The third-order valence-corrected chi connectivity index (χ3v) is 4.27. The van der Waals surface area contributed by atoms with Crippen molar-refractivity contribution in [1.29, 1.82) is 0 Å². The standard InChI is InChI=1S/C15H20BrNO2/c1-11-6-7-12(16)9-14(11)15(19)17-8-4-2-3-5-13(17)10-18/h6-7,9,13,18H,2-5,8,10H2,1H3. The van der Waals surface area contributed by atoms with Crippen LogP contribution in [0.15, 0.2) is 22.7 Å². The van der Waals surface area contributed by atoms with Crippen molar-refractivity contribution in [1.82, 2.24) is 4.90 Å². The van der Waals surface area contributed by atoms with Gasteiger partial charge in [-0.3, -0.25) is 4.79 Å². The summed E-state index contributed by atoms with van der Waals surface area (Å²) in [5.74, 6) is 0.0414. The van der Waals surface area contributed by atoms with E-state index in [-0.39, 0.29) is 18.6 Å². The number of aryl methyl sites for hydroxylation is 1. The number of carbonyl (C=O) groups is 1. The summed E-state index contributed by atoms with van der Waals surface area (Å²) in [6.45, 7) is 2.75. The van der Waals surface area contributed by atoms with Crippen molar-refractivity contribution in [3.05, 3.63) is 33.8 Å². The van der Waals surface area contributed by atoms with Crippen molar-refractivity contribution in [3.63, 3.8) is 0 Å². The molecular weight excluding hydrogens is 306 g/mol. The first-order chi connectivity index (χ1) is 9.13. The lowest BCUT2D eigenvalue weighted by Gasteiger charge is -2.29. The maximum atomic E-state index is 12.7. The molecule has 0 bridgehead atoms. The summed E-state index contributed by atoms with van der Waals surface area (Å²) in [5, 5.41) is 9.50. The van der Waals surface area contributed by atoms with Gasteiger partial charge in [0.2, 0.25) is 0 Å². The van der Waals surface area contributed by atoms with E-state index in [0.29, 0.717) is 0 Å². The first-order valence-electron chi connectivity index (χ1n) is 6.81. The first kappa shape index (κ1) is 14.5. The van der Waals surface area contributed by atoms with Gasteiger partial charge in [-0.1, -0.05) is 34.8 Å². The minimum atomic E-state index is -0.0339. The van der Waals surface area contributed by atoms with Crippen molar-refractivity contribution in [2.75, 3.05) is 13.2 Å². The van der Waals surface area contributed by atoms with Crippen molar-refractivity contribution >= 4 is 21.8 Å². The number of hydrogen-bond acceptors (Lipinski definition) is 2. The molecule has 1 heterocycles. The van der Waals surface area contributed by atoms with Crippen LogP contribution in [0.4, 0.5) is 0 Å². The number of aliphatic hydroxyl groups excluding tert-OH is 1. The number of likely N-dealkylation sites (tertiary alicyclic amines) is 1. The molecule has 1 aromatic rings. The molecule has 1 aliphatic rings. The van der Waals surface area contributed by atoms with Crippen LogP contribution in [0, 0.1) is 6.92 Å². The molecule has 19 heavy (non-hydrogen) atoms. The molecule has 104 valence electrons. The second-order valence-corrected chi connectivity index (χ2v) is 6.06. The molecule has 0 aromatic heterocycles. The third kappa shape index (κ3) is 3.37. The molecule has 1 saturated heterocycles. The van der Waals surface area contributed by atoms with Crippen molar-refractivity contribution < 1.29 is 9.90 Å². The Labute approximate surface area is 122 Å². The number of benzene rings is 1. The molecule has 3 nitrogen and oxygen atoms in total. The number of amides is 1. The highest BCUT2D eigenvalue weighted by Crippen LogP contribution is 2.22. The molecule has 2 rings (SSSR count). The Hall–Kier alpha value is -0.870. The molecular formula is C15H20BrNO2. The van der Waals surface area contributed by atoms with Crippen molar-refractivity contribution in [2.24, 2.45) is 0 Å². The van der Waals surface area contributed by atoms with Crippen LogP contribution >= 0.6 is 15.9 Å². The number of aliphatic hydroxyl groups is 1. The van der Waals surface area contributed by atoms with Gasteiger partial charge in [-0.15, -0.1) is 0 Å². The van der Waals surface area contributed by atoms with Crippen LogP contribution in [-0.2, 0) is 0 Å². The molecule has 1 aliphatic heterocycles. The average Bonchev–Trinajstić information content (AvgIpc) is 2.65. The zero-order valence-electron chi connectivity index (χ0n) is 11.2. The number of carbonyl (C=O) groups excluding carboxylic acids is 1. The zero-order chi connectivity index (χ0) is 13.8. The van der Waals surface area contributed by atoms with E-state index < -0.39 is 0 Å². The Kier molecular flexibility index (Phi) is 4.99. The molecule has 1 fully saturated rings. The molecule has 0 aliphatic carbocycles. The predicted molar refractivity (Wildman–Crippen MR) is 79.3 cm³/mol. The highest BCUT2D eigenvalue weighted by molar-refractivity contribution is 9.10. The van der Waals surface area contributed by atoms with E-state index >= 15 is 0 Å². The van der Waals surface area contributed by atoms with Crippen LogP contribution < -0.4 is 0 Å². The lowest BCUT2D eigenvalue weighted by atomic mass is 10.1. The van der Waals surface area contributed by atoms with Crippen LogP contribution in [0.5, 0.6) is 0 Å². The highest BCUT2D eigenvalue weighted by atomic mass is 79.9. The minimum absolute atomic E-state index is 0.0339. The van der Waals surface area contributed by atoms with E-state index in [1.165, 1.54) is 0 Å². The van der Waals surface area contributed by atoms with E-state index in [1.54, 1.807) is 0 Å². The van der Waals surface area contributed by atoms with Gasteiger partial charge in [0, 0.05) is 16.6 Å². The number of halogens is 1. The maximum Gasteiger partial charge on any atom is 0.254 e. The summed E-state index contributed by atoms with van der Waals surface area (Å²) in [5.41, 5.74) is 1.71. The fourth-order valence-corrected chi connectivity index (χ4v) is 2.97. The molecule has 4 heteroatoms. The van der Waals surface area contributed by atoms with Crippen molar-refractivity contribution in [3.8, 4) is 0 Å². The number of rotatable bonds is 2. The van der Waals surface area contributed by atoms with Gasteiger partial charge in [0.05, 0.1) is 12.6 Å². The highest BCUT2D eigenvalue weighted by Gasteiger charge is 2.26. The molecule has 0 radical (unpaired) electrons. The van der Waals surface area contributed by atoms with Gasteiger partial charge in [-0.25, -0.2) is 0 Å². The van der Waals surface area contributed by atoms with Crippen molar-refractivity contribution in [2.45, 2.75) is 38.6 Å². The normalized spacial score (nSPS) is 20.2. The lowest BCUT2D eigenvalue weighted by Crippen LogP contribution is -2.42. The van der Waals surface area contributed by atoms with Crippen LogP contribution in [0.2, 0.25) is 0 Å². The summed E-state index contributed by atoms with van der Waals surface area (Å²) >= 11 is 3.42. The van der Waals surface area contributed by atoms with E-state index in [1.807, 2.05) is 30.0 Å². The molecule has 0 spiro atoms. The van der Waals surface area contributed by atoms with Crippen LogP contribution in [0.25, 0.3) is 0 Å².